The summed E-state index contributed by atoms with van der Waals surface area (Å²) in [5.41, 5.74) is 2.27. The van der Waals surface area contributed by atoms with Gasteiger partial charge in [-0.05, 0) is 36.8 Å². The minimum absolute atomic E-state index is 0.00725. The van der Waals surface area contributed by atoms with E-state index in [1.54, 1.807) is 30.3 Å². The molecule has 0 amide bonds. The van der Waals surface area contributed by atoms with Crippen LogP contribution in [0.2, 0.25) is 5.02 Å². The number of nitrogens with one attached hydrogen (secondary N) is 1. The van der Waals surface area contributed by atoms with E-state index in [1.165, 1.54) is 12.1 Å². The van der Waals surface area contributed by atoms with E-state index in [4.69, 9.17) is 11.6 Å². The highest BCUT2D eigenvalue weighted by atomic mass is 35.5. The van der Waals surface area contributed by atoms with Crippen LogP contribution in [0.3, 0.4) is 0 Å². The molecule has 1 heterocycles. The highest BCUT2D eigenvalue weighted by Crippen LogP contribution is 2.24. The van der Waals surface area contributed by atoms with Crippen molar-refractivity contribution in [1.29, 1.82) is 0 Å². The number of anilines is 1. The molecule has 7 nitrogen and oxygen atoms in total. The Morgan fingerprint density at radius 2 is 1.81 bits per heavy atom. The number of halogens is 1. The van der Waals surface area contributed by atoms with E-state index >= 15 is 0 Å². The average Bonchev–Trinajstić information content (AvgIpc) is 2.66. The fraction of sp³-hybridized carbons (Fsp3) is 0.158. The smallest absolute Gasteiger partial charge is 0.269 e. The molecule has 27 heavy (non-hydrogen) atoms. The minimum atomic E-state index is -0.453. The number of aromatic nitrogens is 2. The Hall–Kier alpha value is -3.03. The van der Waals surface area contributed by atoms with E-state index in [2.05, 4.69) is 15.3 Å². The van der Waals surface area contributed by atoms with E-state index < -0.39 is 4.92 Å². The molecule has 0 aliphatic rings. The Morgan fingerprint density at radius 1 is 1.15 bits per heavy atom. The molecule has 0 bridgehead atoms. The fourth-order valence-electron chi connectivity index (χ4n) is 2.61. The zero-order chi connectivity index (χ0) is 19.4. The first-order chi connectivity index (χ1) is 13.0. The lowest BCUT2D eigenvalue weighted by Gasteiger charge is -2.18. The van der Waals surface area contributed by atoms with Crippen molar-refractivity contribution in [2.75, 3.05) is 11.9 Å². The molecule has 138 valence electrons. The monoisotopic (exact) mass is 384 g/mol. The van der Waals surface area contributed by atoms with Crippen molar-refractivity contribution in [3.05, 3.63) is 81.0 Å². The number of aryl methyl sites for hydroxylation is 1. The van der Waals surface area contributed by atoms with Crippen molar-refractivity contribution in [1.82, 2.24) is 9.97 Å². The molecular weight excluding hydrogens is 368 g/mol. The molecule has 0 fully saturated rings. The SMILES string of the molecule is Cc1cc(NC(CO)c2ccc(Cl)cc2)nc(-c2ccc([N+](=O)[O-])cc2)n1. The molecule has 0 spiro atoms. The number of aliphatic hydroxyl groups is 1. The van der Waals surface area contributed by atoms with Crippen LogP contribution in [0.1, 0.15) is 17.3 Å². The quantitative estimate of drug-likeness (QED) is 0.488. The number of nitro benzene ring substituents is 1. The van der Waals surface area contributed by atoms with Crippen LogP contribution >= 0.6 is 11.6 Å². The van der Waals surface area contributed by atoms with Crippen LogP contribution in [-0.4, -0.2) is 26.6 Å². The van der Waals surface area contributed by atoms with Gasteiger partial charge in [0, 0.05) is 34.5 Å². The van der Waals surface area contributed by atoms with Crippen LogP contribution in [-0.2, 0) is 0 Å². The summed E-state index contributed by atoms with van der Waals surface area (Å²) in [5, 5.41) is 24.4. The number of hydrogen-bond acceptors (Lipinski definition) is 6. The largest absolute Gasteiger partial charge is 0.394 e. The van der Waals surface area contributed by atoms with Crippen molar-refractivity contribution in [2.45, 2.75) is 13.0 Å². The molecule has 3 aromatic rings. The topological polar surface area (TPSA) is 101 Å². The first-order valence-electron chi connectivity index (χ1n) is 8.19. The van der Waals surface area contributed by atoms with Crippen LogP contribution in [0.4, 0.5) is 11.5 Å². The number of rotatable bonds is 6. The van der Waals surface area contributed by atoms with Crippen molar-refractivity contribution in [3.63, 3.8) is 0 Å². The van der Waals surface area contributed by atoms with Crippen LogP contribution in [0.5, 0.6) is 0 Å². The predicted octanol–water partition coefficient (Wildman–Crippen LogP) is 4.16. The van der Waals surface area contributed by atoms with Gasteiger partial charge in [-0.3, -0.25) is 10.1 Å². The Labute approximate surface area is 160 Å². The summed E-state index contributed by atoms with van der Waals surface area (Å²) >= 11 is 5.91. The molecule has 2 N–H and O–H groups in total. The van der Waals surface area contributed by atoms with Gasteiger partial charge in [-0.15, -0.1) is 0 Å². The van der Waals surface area contributed by atoms with E-state index in [0.717, 1.165) is 11.3 Å². The van der Waals surface area contributed by atoms with Gasteiger partial charge in [0.25, 0.3) is 5.69 Å². The first-order valence-corrected chi connectivity index (χ1v) is 8.57. The van der Waals surface area contributed by atoms with E-state index in [0.29, 0.717) is 22.2 Å². The molecule has 3 rings (SSSR count). The Bertz CT molecular complexity index is 946. The molecule has 8 heteroatoms. The maximum Gasteiger partial charge on any atom is 0.269 e. The summed E-state index contributed by atoms with van der Waals surface area (Å²) in [5.74, 6) is 0.991. The molecule has 0 aliphatic heterocycles. The maximum absolute atomic E-state index is 10.8. The third kappa shape index (κ3) is 4.58. The molecular formula is C19H17ClN4O3. The van der Waals surface area contributed by atoms with Crippen molar-refractivity contribution >= 4 is 23.1 Å². The number of hydrogen-bond donors (Lipinski definition) is 2. The summed E-state index contributed by atoms with van der Waals surface area (Å²) in [4.78, 5) is 19.2. The van der Waals surface area contributed by atoms with E-state index in [1.807, 2.05) is 19.1 Å². The lowest BCUT2D eigenvalue weighted by molar-refractivity contribution is -0.384. The molecule has 1 unspecified atom stereocenters. The van der Waals surface area contributed by atoms with Crippen molar-refractivity contribution in [2.24, 2.45) is 0 Å². The van der Waals surface area contributed by atoms with Gasteiger partial charge in [-0.25, -0.2) is 9.97 Å². The highest BCUT2D eigenvalue weighted by Gasteiger charge is 2.13. The first kappa shape index (κ1) is 18.8. The van der Waals surface area contributed by atoms with Crippen molar-refractivity contribution < 1.29 is 10.0 Å². The molecule has 0 radical (unpaired) electrons. The zero-order valence-corrected chi connectivity index (χ0v) is 15.2. The summed E-state index contributed by atoms with van der Waals surface area (Å²) in [6.45, 7) is 1.70. The Balaban J connectivity index is 1.88. The predicted molar refractivity (Wildman–Crippen MR) is 104 cm³/mol. The van der Waals surface area contributed by atoms with Gasteiger partial charge in [0.05, 0.1) is 17.6 Å². The number of nitrogens with zero attached hydrogens (tertiary/aromatic N) is 3. The van der Waals surface area contributed by atoms with Gasteiger partial charge in [0.15, 0.2) is 5.82 Å². The zero-order valence-electron chi connectivity index (χ0n) is 14.5. The molecule has 2 aromatic carbocycles. The molecule has 0 aliphatic carbocycles. The van der Waals surface area contributed by atoms with Crippen LogP contribution in [0.15, 0.2) is 54.6 Å². The summed E-state index contributed by atoms with van der Waals surface area (Å²) in [6, 6.07) is 14.6. The standard InChI is InChI=1S/C19H17ClN4O3/c1-12-10-18(22-17(11-25)13-2-6-15(20)7-3-13)23-19(21-12)14-4-8-16(9-5-14)24(26)27/h2-10,17,25H,11H2,1H3,(H,21,22,23). The van der Waals surface area contributed by atoms with Crippen molar-refractivity contribution in [3.8, 4) is 11.4 Å². The molecule has 1 aromatic heterocycles. The Kier molecular flexibility index (Phi) is 5.63. The Morgan fingerprint density at radius 3 is 2.41 bits per heavy atom. The molecule has 1 atom stereocenters. The second-order valence-electron chi connectivity index (χ2n) is 5.95. The fourth-order valence-corrected chi connectivity index (χ4v) is 2.74. The highest BCUT2D eigenvalue weighted by molar-refractivity contribution is 6.30. The summed E-state index contributed by atoms with van der Waals surface area (Å²) in [6.07, 6.45) is 0. The number of non-ortho nitro benzene ring substituents is 1. The third-order valence-electron chi connectivity index (χ3n) is 3.97. The van der Waals surface area contributed by atoms with Gasteiger partial charge in [-0.2, -0.15) is 0 Å². The summed E-state index contributed by atoms with van der Waals surface area (Å²) in [7, 11) is 0. The van der Waals surface area contributed by atoms with Gasteiger partial charge in [0.1, 0.15) is 5.82 Å². The van der Waals surface area contributed by atoms with Crippen LogP contribution in [0.25, 0.3) is 11.4 Å². The second kappa shape index (κ2) is 8.11. The van der Waals surface area contributed by atoms with Gasteiger partial charge in [-0.1, -0.05) is 23.7 Å². The number of aliphatic hydroxyl groups excluding tert-OH is 1. The second-order valence-corrected chi connectivity index (χ2v) is 6.39. The normalized spacial score (nSPS) is 11.8. The van der Waals surface area contributed by atoms with Crippen LogP contribution < -0.4 is 5.32 Å². The van der Waals surface area contributed by atoms with E-state index in [9.17, 15) is 15.2 Å². The van der Waals surface area contributed by atoms with Gasteiger partial charge < -0.3 is 10.4 Å². The van der Waals surface area contributed by atoms with Gasteiger partial charge >= 0.3 is 0 Å². The lowest BCUT2D eigenvalue weighted by atomic mass is 10.1. The number of benzene rings is 2. The van der Waals surface area contributed by atoms with Gasteiger partial charge in [0.2, 0.25) is 0 Å². The summed E-state index contributed by atoms with van der Waals surface area (Å²) < 4.78 is 0. The van der Waals surface area contributed by atoms with Crippen LogP contribution in [0, 0.1) is 17.0 Å². The van der Waals surface area contributed by atoms with E-state index in [-0.39, 0.29) is 18.3 Å². The molecule has 0 saturated heterocycles. The molecule has 0 saturated carbocycles. The lowest BCUT2D eigenvalue weighted by Crippen LogP contribution is -2.16. The average molecular weight is 385 g/mol. The minimum Gasteiger partial charge on any atom is -0.394 e. The third-order valence-corrected chi connectivity index (χ3v) is 4.22. The number of nitro groups is 1. The maximum atomic E-state index is 10.8.